The van der Waals surface area contributed by atoms with Gasteiger partial charge in [0, 0.05) is 25.4 Å². The number of anilines is 2. The van der Waals surface area contributed by atoms with Crippen LogP contribution in [0.3, 0.4) is 0 Å². The molecule has 0 saturated heterocycles. The highest BCUT2D eigenvalue weighted by atomic mass is 19.1. The van der Waals surface area contributed by atoms with Gasteiger partial charge in [-0.3, -0.25) is 0 Å². The van der Waals surface area contributed by atoms with E-state index in [0.717, 1.165) is 16.9 Å². The van der Waals surface area contributed by atoms with Gasteiger partial charge in [0.25, 0.3) is 0 Å². The Morgan fingerprint density at radius 1 is 1.28 bits per heavy atom. The van der Waals surface area contributed by atoms with Crippen LogP contribution in [-0.2, 0) is 6.54 Å². The second-order valence-electron chi connectivity index (χ2n) is 4.22. The molecule has 1 aromatic heterocycles. The smallest absolute Gasteiger partial charge is 0.221 e. The maximum atomic E-state index is 12.8. The minimum absolute atomic E-state index is 0.233. The van der Waals surface area contributed by atoms with Crippen LogP contribution in [0.4, 0.5) is 16.2 Å². The van der Waals surface area contributed by atoms with Gasteiger partial charge >= 0.3 is 0 Å². The van der Waals surface area contributed by atoms with Crippen molar-refractivity contribution < 1.29 is 4.39 Å². The van der Waals surface area contributed by atoms with Crippen molar-refractivity contribution in [2.24, 2.45) is 0 Å². The molecule has 2 N–H and O–H groups in total. The Bertz CT molecular complexity index is 539. The lowest BCUT2D eigenvalue weighted by Gasteiger charge is -2.20. The molecule has 94 valence electrons. The van der Waals surface area contributed by atoms with E-state index in [0.29, 0.717) is 6.54 Å². The lowest BCUT2D eigenvalue weighted by molar-refractivity contribution is 0.627. The molecule has 2 aromatic rings. The highest BCUT2D eigenvalue weighted by Gasteiger charge is 2.08. The van der Waals surface area contributed by atoms with E-state index in [1.807, 2.05) is 18.9 Å². The first-order chi connectivity index (χ1) is 8.56. The van der Waals surface area contributed by atoms with Crippen molar-refractivity contribution in [3.05, 3.63) is 47.4 Å². The lowest BCUT2D eigenvalue weighted by Crippen LogP contribution is -2.19. The summed E-state index contributed by atoms with van der Waals surface area (Å²) in [4.78, 5) is 10.1. The molecule has 4 nitrogen and oxygen atoms in total. The summed E-state index contributed by atoms with van der Waals surface area (Å²) in [7, 11) is 1.91. The van der Waals surface area contributed by atoms with Gasteiger partial charge in [0.15, 0.2) is 0 Å². The molecule has 0 aliphatic rings. The first-order valence-electron chi connectivity index (χ1n) is 5.61. The largest absolute Gasteiger partial charge is 0.368 e. The fourth-order valence-corrected chi connectivity index (χ4v) is 1.77. The number of nitrogens with two attached hydrogens (primary N) is 1. The van der Waals surface area contributed by atoms with Gasteiger partial charge in [-0.15, -0.1) is 0 Å². The molecule has 0 unspecified atom stereocenters. The summed E-state index contributed by atoms with van der Waals surface area (Å²) in [5.41, 5.74) is 7.54. The Hall–Kier alpha value is -2.17. The summed E-state index contributed by atoms with van der Waals surface area (Å²) in [6.07, 6.45) is 1.69. The van der Waals surface area contributed by atoms with Crippen LogP contribution < -0.4 is 10.6 Å². The Labute approximate surface area is 105 Å². The highest BCUT2D eigenvalue weighted by molar-refractivity contribution is 5.47. The fourth-order valence-electron chi connectivity index (χ4n) is 1.77. The molecule has 5 heteroatoms. The zero-order chi connectivity index (χ0) is 13.1. The summed E-state index contributed by atoms with van der Waals surface area (Å²) < 4.78 is 12.8. The molecule has 0 fully saturated rings. The second-order valence-corrected chi connectivity index (χ2v) is 4.22. The van der Waals surface area contributed by atoms with E-state index >= 15 is 0 Å². The van der Waals surface area contributed by atoms with Gasteiger partial charge < -0.3 is 10.6 Å². The predicted octanol–water partition coefficient (Wildman–Crippen LogP) is 2.14. The average molecular weight is 246 g/mol. The number of hydrogen-bond acceptors (Lipinski definition) is 4. The van der Waals surface area contributed by atoms with Crippen molar-refractivity contribution in [3.8, 4) is 0 Å². The molecule has 0 aliphatic carbocycles. The van der Waals surface area contributed by atoms with Crippen LogP contribution in [0.15, 0.2) is 30.5 Å². The third kappa shape index (κ3) is 2.74. The van der Waals surface area contributed by atoms with Gasteiger partial charge in [0.2, 0.25) is 5.95 Å². The molecular weight excluding hydrogens is 231 g/mol. The number of aromatic nitrogens is 2. The molecule has 0 bridgehead atoms. The van der Waals surface area contributed by atoms with Crippen LogP contribution >= 0.6 is 0 Å². The molecule has 0 saturated carbocycles. The summed E-state index contributed by atoms with van der Waals surface area (Å²) >= 11 is 0. The van der Waals surface area contributed by atoms with Gasteiger partial charge in [-0.2, -0.15) is 4.98 Å². The molecular formula is C13H15FN4. The standard InChI is InChI=1S/C13H15FN4/c1-9-7-16-13(15)17-12(9)18(2)8-10-3-5-11(14)6-4-10/h3-7H,8H2,1-2H3,(H2,15,16,17). The monoisotopic (exact) mass is 246 g/mol. The predicted molar refractivity (Wildman–Crippen MR) is 69.7 cm³/mol. The van der Waals surface area contributed by atoms with Gasteiger partial charge in [-0.25, -0.2) is 9.37 Å². The quantitative estimate of drug-likeness (QED) is 0.901. The Kier molecular flexibility index (Phi) is 3.41. The minimum atomic E-state index is -0.233. The van der Waals surface area contributed by atoms with Gasteiger partial charge in [0.1, 0.15) is 11.6 Å². The second kappa shape index (κ2) is 5.00. The summed E-state index contributed by atoms with van der Waals surface area (Å²) in [6.45, 7) is 2.56. The number of rotatable bonds is 3. The number of aryl methyl sites for hydroxylation is 1. The first kappa shape index (κ1) is 12.3. The SMILES string of the molecule is Cc1cnc(N)nc1N(C)Cc1ccc(F)cc1. The van der Waals surface area contributed by atoms with Crippen molar-refractivity contribution in [1.29, 1.82) is 0 Å². The van der Waals surface area contributed by atoms with Crippen LogP contribution in [0.2, 0.25) is 0 Å². The number of hydrogen-bond donors (Lipinski definition) is 1. The van der Waals surface area contributed by atoms with E-state index in [1.165, 1.54) is 12.1 Å². The van der Waals surface area contributed by atoms with Crippen LogP contribution in [0.5, 0.6) is 0 Å². The summed E-state index contributed by atoms with van der Waals surface area (Å²) in [6, 6.07) is 6.41. The van der Waals surface area contributed by atoms with E-state index in [1.54, 1.807) is 18.3 Å². The number of nitrogen functional groups attached to an aromatic ring is 1. The van der Waals surface area contributed by atoms with Gasteiger partial charge in [-0.1, -0.05) is 12.1 Å². The number of halogens is 1. The molecule has 1 aromatic carbocycles. The van der Waals surface area contributed by atoms with E-state index in [-0.39, 0.29) is 11.8 Å². The van der Waals surface area contributed by atoms with E-state index < -0.39 is 0 Å². The average Bonchev–Trinajstić information content (AvgIpc) is 2.35. The molecule has 18 heavy (non-hydrogen) atoms. The first-order valence-corrected chi connectivity index (χ1v) is 5.61. The topological polar surface area (TPSA) is 55.0 Å². The van der Waals surface area contributed by atoms with E-state index in [2.05, 4.69) is 9.97 Å². The van der Waals surface area contributed by atoms with E-state index in [9.17, 15) is 4.39 Å². The van der Waals surface area contributed by atoms with Gasteiger partial charge in [0.05, 0.1) is 0 Å². The molecule has 2 rings (SSSR count). The zero-order valence-electron chi connectivity index (χ0n) is 10.4. The van der Waals surface area contributed by atoms with Crippen LogP contribution in [0.1, 0.15) is 11.1 Å². The van der Waals surface area contributed by atoms with Crippen molar-refractivity contribution >= 4 is 11.8 Å². The van der Waals surface area contributed by atoms with Crippen molar-refractivity contribution in [1.82, 2.24) is 9.97 Å². The Balaban J connectivity index is 2.18. The zero-order valence-corrected chi connectivity index (χ0v) is 10.4. The normalized spacial score (nSPS) is 10.4. The minimum Gasteiger partial charge on any atom is -0.368 e. The molecule has 0 atom stereocenters. The van der Waals surface area contributed by atoms with Gasteiger partial charge in [-0.05, 0) is 24.6 Å². The Morgan fingerprint density at radius 3 is 2.61 bits per heavy atom. The van der Waals surface area contributed by atoms with E-state index in [4.69, 9.17) is 5.73 Å². The number of benzene rings is 1. The Morgan fingerprint density at radius 2 is 1.94 bits per heavy atom. The fraction of sp³-hybridized carbons (Fsp3) is 0.231. The summed E-state index contributed by atoms with van der Waals surface area (Å²) in [5, 5.41) is 0. The van der Waals surface area contributed by atoms with Crippen LogP contribution in [0.25, 0.3) is 0 Å². The third-order valence-corrected chi connectivity index (χ3v) is 2.66. The van der Waals surface area contributed by atoms with Crippen molar-refractivity contribution in [2.75, 3.05) is 17.7 Å². The third-order valence-electron chi connectivity index (χ3n) is 2.66. The molecule has 0 aliphatic heterocycles. The molecule has 1 heterocycles. The summed E-state index contributed by atoms with van der Waals surface area (Å²) in [5.74, 6) is 0.803. The lowest BCUT2D eigenvalue weighted by atomic mass is 10.2. The maximum Gasteiger partial charge on any atom is 0.221 e. The molecule has 0 radical (unpaired) electrons. The van der Waals surface area contributed by atoms with Crippen molar-refractivity contribution in [2.45, 2.75) is 13.5 Å². The van der Waals surface area contributed by atoms with Crippen LogP contribution in [0, 0.1) is 12.7 Å². The molecule has 0 amide bonds. The molecule has 0 spiro atoms. The highest BCUT2D eigenvalue weighted by Crippen LogP contribution is 2.17. The maximum absolute atomic E-state index is 12.8. The van der Waals surface area contributed by atoms with Crippen molar-refractivity contribution in [3.63, 3.8) is 0 Å². The van der Waals surface area contributed by atoms with Crippen LogP contribution in [-0.4, -0.2) is 17.0 Å². The number of nitrogens with zero attached hydrogens (tertiary/aromatic N) is 3.